The second-order valence-corrected chi connectivity index (χ2v) is 15.2. The van der Waals surface area contributed by atoms with E-state index in [2.05, 4.69) is 164 Å². The van der Waals surface area contributed by atoms with Crippen molar-refractivity contribution in [2.75, 3.05) is 4.90 Å². The molecule has 0 bridgehead atoms. The summed E-state index contributed by atoms with van der Waals surface area (Å²) in [5, 5.41) is 10.5. The number of hydrogen-bond acceptors (Lipinski definition) is 1. The minimum Gasteiger partial charge on any atom is -0.310 e. The van der Waals surface area contributed by atoms with Gasteiger partial charge in [-0.05, 0) is 126 Å². The van der Waals surface area contributed by atoms with Gasteiger partial charge in [0, 0.05) is 22.5 Å². The molecule has 1 nitrogen and oxygen atoms in total. The van der Waals surface area contributed by atoms with Gasteiger partial charge in [0.2, 0.25) is 0 Å². The largest absolute Gasteiger partial charge is 0.310 e. The molecule has 0 radical (unpaired) electrons. The number of fused-ring (bicyclic) bond motifs is 9. The average molecular weight is 644 g/mol. The summed E-state index contributed by atoms with van der Waals surface area (Å²) < 4.78 is 0. The van der Waals surface area contributed by atoms with Gasteiger partial charge in [-0.3, -0.25) is 0 Å². The highest BCUT2D eigenvalue weighted by Gasteiger charge is 2.39. The molecule has 2 aliphatic carbocycles. The number of benzene rings is 8. The minimum absolute atomic E-state index is 0.102. The zero-order valence-corrected chi connectivity index (χ0v) is 28.9. The van der Waals surface area contributed by atoms with Crippen LogP contribution in [0.1, 0.15) is 68.6 Å². The lowest BCUT2D eigenvalue weighted by atomic mass is 9.76. The van der Waals surface area contributed by atoms with Crippen LogP contribution in [-0.2, 0) is 5.41 Å². The van der Waals surface area contributed by atoms with Crippen LogP contribution in [-0.4, -0.2) is 0 Å². The Kier molecular flexibility index (Phi) is 6.68. The van der Waals surface area contributed by atoms with Crippen LogP contribution in [0.15, 0.2) is 146 Å². The molecule has 242 valence electrons. The molecule has 1 fully saturated rings. The molecule has 0 atom stereocenters. The lowest BCUT2D eigenvalue weighted by Gasteiger charge is -2.28. The Bertz CT molecular complexity index is 2540. The fourth-order valence-corrected chi connectivity index (χ4v) is 9.49. The highest BCUT2D eigenvalue weighted by molar-refractivity contribution is 6.08. The molecule has 0 amide bonds. The molecule has 0 unspecified atom stereocenters. The van der Waals surface area contributed by atoms with E-state index in [0.29, 0.717) is 5.92 Å². The summed E-state index contributed by atoms with van der Waals surface area (Å²) >= 11 is 0. The summed E-state index contributed by atoms with van der Waals surface area (Å²) in [4.78, 5) is 2.43. The van der Waals surface area contributed by atoms with Crippen LogP contribution < -0.4 is 4.90 Å². The molecule has 0 saturated heterocycles. The van der Waals surface area contributed by atoms with Crippen molar-refractivity contribution < 1.29 is 0 Å². The van der Waals surface area contributed by atoms with Crippen molar-refractivity contribution in [3.63, 3.8) is 0 Å². The molecule has 8 aromatic rings. The standard InChI is InChI=1S/C49H41N/c1-49(2)46-31-45(34-14-4-3-5-15-34)42-18-10-11-19-43(42)47(46)44-26-22-37-30-40(25-27-41(37)48(44)49)50(38-23-20-32-12-6-8-16-35(32)28-38)39-24-21-33-13-7-9-17-36(33)29-39/h6-13,16-31,34H,3-5,14-15H2,1-2H3. The predicted molar refractivity (Wildman–Crippen MR) is 215 cm³/mol. The Morgan fingerprint density at radius 1 is 0.480 bits per heavy atom. The Labute approximate surface area is 294 Å². The predicted octanol–water partition coefficient (Wildman–Crippen LogP) is 14.1. The van der Waals surface area contributed by atoms with Gasteiger partial charge < -0.3 is 4.90 Å². The Hall–Kier alpha value is -5.40. The monoisotopic (exact) mass is 643 g/mol. The Balaban J connectivity index is 1.15. The molecular weight excluding hydrogens is 603 g/mol. The Morgan fingerprint density at radius 2 is 1.02 bits per heavy atom. The maximum absolute atomic E-state index is 2.62. The lowest BCUT2D eigenvalue weighted by molar-refractivity contribution is 0.445. The van der Waals surface area contributed by atoms with Crippen molar-refractivity contribution in [1.82, 2.24) is 0 Å². The van der Waals surface area contributed by atoms with Crippen molar-refractivity contribution in [2.45, 2.75) is 57.3 Å². The van der Waals surface area contributed by atoms with E-state index in [1.165, 1.54) is 103 Å². The molecule has 0 spiro atoms. The third-order valence-electron chi connectivity index (χ3n) is 11.9. The second-order valence-electron chi connectivity index (χ2n) is 15.2. The van der Waals surface area contributed by atoms with Gasteiger partial charge >= 0.3 is 0 Å². The maximum Gasteiger partial charge on any atom is 0.0468 e. The van der Waals surface area contributed by atoms with Gasteiger partial charge in [0.05, 0.1) is 0 Å². The summed E-state index contributed by atoms with van der Waals surface area (Å²) in [5.41, 5.74) is 10.8. The fraction of sp³-hybridized carbons (Fsp3) is 0.184. The molecule has 50 heavy (non-hydrogen) atoms. The molecular formula is C49H41N. The molecule has 2 aliphatic rings. The van der Waals surface area contributed by atoms with Gasteiger partial charge in [-0.25, -0.2) is 0 Å². The second kappa shape index (κ2) is 11.3. The van der Waals surface area contributed by atoms with E-state index in [1.54, 1.807) is 5.56 Å². The smallest absolute Gasteiger partial charge is 0.0468 e. The molecule has 0 aliphatic heterocycles. The number of hydrogen-bond donors (Lipinski definition) is 0. The van der Waals surface area contributed by atoms with E-state index in [1.807, 2.05) is 0 Å². The number of anilines is 3. The first-order valence-electron chi connectivity index (χ1n) is 18.5. The normalized spacial score (nSPS) is 15.5. The zero-order valence-electron chi connectivity index (χ0n) is 28.9. The fourth-order valence-electron chi connectivity index (χ4n) is 9.49. The third-order valence-corrected chi connectivity index (χ3v) is 11.9. The number of rotatable bonds is 4. The topological polar surface area (TPSA) is 3.24 Å². The van der Waals surface area contributed by atoms with E-state index in [0.717, 1.165) is 11.4 Å². The van der Waals surface area contributed by atoms with Crippen molar-refractivity contribution in [1.29, 1.82) is 0 Å². The molecule has 0 N–H and O–H groups in total. The Morgan fingerprint density at radius 3 is 1.68 bits per heavy atom. The van der Waals surface area contributed by atoms with Gasteiger partial charge in [0.1, 0.15) is 0 Å². The average Bonchev–Trinajstić information content (AvgIpc) is 3.41. The molecule has 10 rings (SSSR count). The van der Waals surface area contributed by atoms with Crippen LogP contribution in [0, 0.1) is 0 Å². The van der Waals surface area contributed by atoms with Crippen LogP contribution in [0.25, 0.3) is 54.2 Å². The third kappa shape index (κ3) is 4.53. The first-order chi connectivity index (χ1) is 24.5. The molecule has 1 saturated carbocycles. The van der Waals surface area contributed by atoms with Gasteiger partial charge in [-0.2, -0.15) is 0 Å². The van der Waals surface area contributed by atoms with Crippen molar-refractivity contribution in [3.8, 4) is 11.1 Å². The van der Waals surface area contributed by atoms with Gasteiger partial charge in [0.25, 0.3) is 0 Å². The number of nitrogens with zero attached hydrogens (tertiary/aromatic N) is 1. The van der Waals surface area contributed by atoms with E-state index in [9.17, 15) is 0 Å². The zero-order chi connectivity index (χ0) is 33.4. The van der Waals surface area contributed by atoms with E-state index >= 15 is 0 Å². The molecule has 0 heterocycles. The SMILES string of the molecule is CC1(C)c2cc(C3CCCCC3)c3ccccc3c2-c2ccc3cc(N(c4ccc5ccccc5c4)c4ccc5ccccc5c4)ccc3c21. The first-order valence-corrected chi connectivity index (χ1v) is 18.5. The molecule has 0 aromatic heterocycles. The van der Waals surface area contributed by atoms with Crippen molar-refractivity contribution in [2.24, 2.45) is 0 Å². The summed E-state index contributed by atoms with van der Waals surface area (Å²) in [5.74, 6) is 0.661. The summed E-state index contributed by atoms with van der Waals surface area (Å²) in [7, 11) is 0. The quantitative estimate of drug-likeness (QED) is 0.184. The van der Waals surface area contributed by atoms with Crippen LogP contribution in [0.5, 0.6) is 0 Å². The van der Waals surface area contributed by atoms with Gasteiger partial charge in [-0.15, -0.1) is 0 Å². The summed E-state index contributed by atoms with van der Waals surface area (Å²) in [6, 6.07) is 54.8. The van der Waals surface area contributed by atoms with Crippen LogP contribution in [0.2, 0.25) is 0 Å². The van der Waals surface area contributed by atoms with E-state index in [-0.39, 0.29) is 5.41 Å². The van der Waals surface area contributed by atoms with Crippen molar-refractivity contribution in [3.05, 3.63) is 162 Å². The maximum atomic E-state index is 2.62. The van der Waals surface area contributed by atoms with Crippen LogP contribution in [0.4, 0.5) is 17.1 Å². The van der Waals surface area contributed by atoms with Crippen LogP contribution >= 0.6 is 0 Å². The van der Waals surface area contributed by atoms with E-state index in [4.69, 9.17) is 0 Å². The van der Waals surface area contributed by atoms with E-state index < -0.39 is 0 Å². The van der Waals surface area contributed by atoms with Crippen LogP contribution in [0.3, 0.4) is 0 Å². The van der Waals surface area contributed by atoms with Gasteiger partial charge in [-0.1, -0.05) is 142 Å². The highest BCUT2D eigenvalue weighted by Crippen LogP contribution is 2.55. The minimum atomic E-state index is -0.102. The van der Waals surface area contributed by atoms with Gasteiger partial charge in [0.15, 0.2) is 0 Å². The first kappa shape index (κ1) is 29.5. The summed E-state index contributed by atoms with van der Waals surface area (Å²) in [6.45, 7) is 4.92. The lowest BCUT2D eigenvalue weighted by Crippen LogP contribution is -2.17. The summed E-state index contributed by atoms with van der Waals surface area (Å²) in [6.07, 6.45) is 6.70. The highest BCUT2D eigenvalue weighted by atomic mass is 15.1. The molecule has 1 heteroatoms. The van der Waals surface area contributed by atoms with Crippen molar-refractivity contribution >= 4 is 60.2 Å². The molecule has 8 aromatic carbocycles.